The Hall–Kier alpha value is -1.32. The van der Waals surface area contributed by atoms with Crippen molar-refractivity contribution in [2.45, 2.75) is 38.3 Å². The topological polar surface area (TPSA) is 58.7 Å². The maximum absolute atomic E-state index is 11.5. The van der Waals surface area contributed by atoms with E-state index in [2.05, 4.69) is 18.5 Å². The number of carbonyl (C=O) groups is 1. The van der Waals surface area contributed by atoms with Crippen LogP contribution in [0.25, 0.3) is 0 Å². The first-order chi connectivity index (χ1) is 6.99. The molecule has 4 heteroatoms. The number of carbonyl (C=O) groups excluding carboxylic acids is 1. The number of hydrogen-bond acceptors (Lipinski definition) is 3. The molecule has 0 aromatic carbocycles. The number of hydrogen-bond donors (Lipinski definition) is 1. The molecule has 3 unspecified atom stereocenters. The number of rotatable bonds is 1. The van der Waals surface area contributed by atoms with Gasteiger partial charge in [-0.25, -0.2) is 0 Å². The summed E-state index contributed by atoms with van der Waals surface area (Å²) < 4.78 is 0. The van der Waals surface area contributed by atoms with Crippen molar-refractivity contribution in [3.63, 3.8) is 0 Å². The lowest BCUT2D eigenvalue weighted by molar-refractivity contribution is -0.123. The van der Waals surface area contributed by atoms with Gasteiger partial charge in [0.25, 0.3) is 5.91 Å². The van der Waals surface area contributed by atoms with E-state index in [1.807, 2.05) is 17.9 Å². The van der Waals surface area contributed by atoms with Crippen LogP contribution in [0.2, 0.25) is 0 Å². The van der Waals surface area contributed by atoms with E-state index in [1.165, 1.54) is 0 Å². The van der Waals surface area contributed by atoms with E-state index in [1.54, 1.807) is 0 Å². The van der Waals surface area contributed by atoms with Gasteiger partial charge in [0.05, 0.1) is 11.5 Å². The Morgan fingerprint density at radius 3 is 3.00 bits per heavy atom. The number of nitrogens with two attached hydrogens (primary N) is 1. The second-order valence-electron chi connectivity index (χ2n) is 4.63. The molecule has 15 heavy (non-hydrogen) atoms. The Morgan fingerprint density at radius 1 is 1.73 bits per heavy atom. The van der Waals surface area contributed by atoms with E-state index < -0.39 is 0 Å². The van der Waals surface area contributed by atoms with Crippen LogP contribution in [0.3, 0.4) is 0 Å². The summed E-state index contributed by atoms with van der Waals surface area (Å²) in [5.41, 5.74) is 5.69. The molecule has 3 atom stereocenters. The van der Waals surface area contributed by atoms with Crippen molar-refractivity contribution in [3.8, 4) is 0 Å². The molecule has 1 fully saturated rings. The molecule has 0 spiro atoms. The summed E-state index contributed by atoms with van der Waals surface area (Å²) in [6.45, 7) is 7.86. The molecule has 1 saturated heterocycles. The first kappa shape index (κ1) is 10.2. The highest BCUT2D eigenvalue weighted by atomic mass is 16.1. The predicted molar refractivity (Wildman–Crippen MR) is 59.3 cm³/mol. The van der Waals surface area contributed by atoms with E-state index in [0.717, 1.165) is 12.8 Å². The lowest BCUT2D eigenvalue weighted by Gasteiger charge is -2.41. The van der Waals surface area contributed by atoms with E-state index >= 15 is 0 Å². The highest BCUT2D eigenvalue weighted by Crippen LogP contribution is 2.39. The first-order valence-electron chi connectivity index (χ1n) is 5.30. The van der Waals surface area contributed by atoms with Crippen molar-refractivity contribution in [1.29, 1.82) is 0 Å². The molecule has 2 aliphatic heterocycles. The Kier molecular flexibility index (Phi) is 2.10. The highest BCUT2D eigenvalue weighted by molar-refractivity contribution is 5.97. The number of nitrogens with zero attached hydrogens (tertiary/aromatic N) is 2. The van der Waals surface area contributed by atoms with Gasteiger partial charge in [-0.05, 0) is 19.8 Å². The van der Waals surface area contributed by atoms with E-state index in [-0.39, 0.29) is 23.4 Å². The van der Waals surface area contributed by atoms with Gasteiger partial charge < -0.3 is 10.6 Å². The van der Waals surface area contributed by atoms with Gasteiger partial charge in [0.15, 0.2) is 5.96 Å². The Bertz CT molecular complexity index is 350. The molecule has 2 rings (SSSR count). The van der Waals surface area contributed by atoms with Crippen LogP contribution in [0.1, 0.15) is 26.7 Å². The number of guanidine groups is 1. The summed E-state index contributed by atoms with van der Waals surface area (Å²) in [5.74, 6) is 0.198. The van der Waals surface area contributed by atoms with Crippen LogP contribution in [-0.4, -0.2) is 28.3 Å². The molecule has 0 aromatic heterocycles. The maximum atomic E-state index is 11.5. The zero-order valence-electron chi connectivity index (χ0n) is 9.23. The van der Waals surface area contributed by atoms with E-state index in [9.17, 15) is 4.79 Å². The zero-order chi connectivity index (χ0) is 11.2. The molecular weight excluding hydrogens is 190 g/mol. The van der Waals surface area contributed by atoms with E-state index in [0.29, 0.717) is 5.96 Å². The van der Waals surface area contributed by atoms with Gasteiger partial charge in [-0.3, -0.25) is 4.79 Å². The fraction of sp³-hybridized carbons (Fsp3) is 0.636. The largest absolute Gasteiger partial charge is 0.369 e. The highest BCUT2D eigenvalue weighted by Gasteiger charge is 2.48. The summed E-state index contributed by atoms with van der Waals surface area (Å²) in [4.78, 5) is 17.5. The predicted octanol–water partition coefficient (Wildman–Crippen LogP) is 0.887. The minimum Gasteiger partial charge on any atom is -0.369 e. The van der Waals surface area contributed by atoms with Crippen LogP contribution < -0.4 is 5.73 Å². The van der Waals surface area contributed by atoms with Crippen LogP contribution in [0.5, 0.6) is 0 Å². The Balaban J connectivity index is 2.43. The number of aliphatic imine (C=N–C) groups is 1. The van der Waals surface area contributed by atoms with Crippen LogP contribution in [-0.2, 0) is 4.79 Å². The van der Waals surface area contributed by atoms with Crippen molar-refractivity contribution in [2.75, 3.05) is 0 Å². The third-order valence-electron chi connectivity index (χ3n) is 3.71. The third-order valence-corrected chi connectivity index (χ3v) is 3.71. The van der Waals surface area contributed by atoms with Gasteiger partial charge in [0.2, 0.25) is 0 Å². The maximum Gasteiger partial charge on any atom is 0.253 e. The molecule has 4 nitrogen and oxygen atoms in total. The zero-order valence-corrected chi connectivity index (χ0v) is 9.23. The van der Waals surface area contributed by atoms with Gasteiger partial charge in [0, 0.05) is 6.04 Å². The number of fused-ring (bicyclic) bond motifs is 1. The van der Waals surface area contributed by atoms with E-state index in [4.69, 9.17) is 5.73 Å². The molecular formula is C11H17N3O. The second-order valence-corrected chi connectivity index (χ2v) is 4.63. The minimum atomic E-state index is -0.146. The van der Waals surface area contributed by atoms with Gasteiger partial charge in [-0.2, -0.15) is 4.99 Å². The molecule has 2 aliphatic rings. The third kappa shape index (κ3) is 1.28. The molecule has 0 aromatic rings. The molecule has 82 valence electrons. The summed E-state index contributed by atoms with van der Waals surface area (Å²) in [7, 11) is 0. The second kappa shape index (κ2) is 3.08. The van der Waals surface area contributed by atoms with Gasteiger partial charge >= 0.3 is 0 Å². The average Bonchev–Trinajstić information content (AvgIpc) is 2.54. The molecule has 1 amide bonds. The lowest BCUT2D eigenvalue weighted by Crippen LogP contribution is -2.56. The molecule has 0 aliphatic carbocycles. The van der Waals surface area contributed by atoms with Crippen molar-refractivity contribution in [1.82, 2.24) is 4.90 Å². The van der Waals surface area contributed by atoms with Crippen LogP contribution in [0, 0.1) is 5.92 Å². The monoisotopic (exact) mass is 207 g/mol. The van der Waals surface area contributed by atoms with Crippen LogP contribution >= 0.6 is 0 Å². The Morgan fingerprint density at radius 2 is 2.40 bits per heavy atom. The normalized spacial score (nSPS) is 40.0. The quantitative estimate of drug-likeness (QED) is 0.649. The van der Waals surface area contributed by atoms with Gasteiger partial charge in [0.1, 0.15) is 0 Å². The average molecular weight is 207 g/mol. The van der Waals surface area contributed by atoms with Crippen molar-refractivity contribution >= 4 is 11.9 Å². The van der Waals surface area contributed by atoms with Crippen molar-refractivity contribution in [3.05, 3.63) is 12.7 Å². The summed E-state index contributed by atoms with van der Waals surface area (Å²) in [6, 6.07) is 0.193. The summed E-state index contributed by atoms with van der Waals surface area (Å²) in [6.07, 6.45) is 3.86. The summed E-state index contributed by atoms with van der Waals surface area (Å²) >= 11 is 0. The van der Waals surface area contributed by atoms with Crippen LogP contribution in [0.4, 0.5) is 0 Å². The molecule has 0 radical (unpaired) electrons. The fourth-order valence-corrected chi connectivity index (χ4v) is 2.61. The molecule has 0 saturated carbocycles. The molecule has 2 N–H and O–H groups in total. The SMILES string of the molecule is C=CC1(C)CCC2C(C)C(=O)N=C(N)N21. The van der Waals surface area contributed by atoms with Gasteiger partial charge in [-0.15, -0.1) is 6.58 Å². The molecule has 0 bridgehead atoms. The first-order valence-corrected chi connectivity index (χ1v) is 5.30. The smallest absolute Gasteiger partial charge is 0.253 e. The van der Waals surface area contributed by atoms with Crippen molar-refractivity contribution in [2.24, 2.45) is 16.6 Å². The lowest BCUT2D eigenvalue weighted by atomic mass is 9.98. The van der Waals surface area contributed by atoms with Crippen LogP contribution in [0.15, 0.2) is 17.6 Å². The molecule has 2 heterocycles. The number of amides is 1. The Labute approximate surface area is 89.8 Å². The fourth-order valence-electron chi connectivity index (χ4n) is 2.61. The minimum absolute atomic E-state index is 0.0564. The standard InChI is InChI=1S/C11H17N3O/c1-4-11(3)6-5-8-7(2)9(15)13-10(12)14(8)11/h4,7-8H,1,5-6H2,2-3H3,(H2,12,13,15). The van der Waals surface area contributed by atoms with Gasteiger partial charge in [-0.1, -0.05) is 13.0 Å². The summed E-state index contributed by atoms with van der Waals surface area (Å²) in [5, 5.41) is 0. The van der Waals surface area contributed by atoms with Crippen molar-refractivity contribution < 1.29 is 4.79 Å².